The molecule has 0 atom stereocenters. The normalized spacial score (nSPS) is 25.4. The Morgan fingerprint density at radius 1 is 1.29 bits per heavy atom. The fraction of sp³-hybridized carbons (Fsp3) is 1.00. The van der Waals surface area contributed by atoms with Crippen molar-refractivity contribution in [2.24, 2.45) is 0 Å². The van der Waals surface area contributed by atoms with Crippen LogP contribution in [0, 0.1) is 0 Å². The second kappa shape index (κ2) is 2.78. The maximum absolute atomic E-state index is 5.07. The van der Waals surface area contributed by atoms with Crippen molar-refractivity contribution < 1.29 is 24.2 Å². The summed E-state index contributed by atoms with van der Waals surface area (Å²) in [7, 11) is 0. The molecule has 0 unspecified atom stereocenters. The summed E-state index contributed by atoms with van der Waals surface area (Å²) in [6.45, 7) is 3.81. The Morgan fingerprint density at radius 3 is 2.14 bits per heavy atom. The van der Waals surface area contributed by atoms with Gasteiger partial charge in [0.15, 0.2) is 0 Å². The molecule has 1 aliphatic heterocycles. The summed E-state index contributed by atoms with van der Waals surface area (Å²) in [5, 5.41) is 0. The van der Waals surface area contributed by atoms with Gasteiger partial charge >= 0.3 is 54.0 Å². The summed E-state index contributed by atoms with van der Waals surface area (Å²) >= 11 is 3.10. The van der Waals surface area contributed by atoms with Crippen LogP contribution in [-0.4, -0.2) is 29.8 Å². The molecule has 0 aromatic rings. The van der Waals surface area contributed by atoms with E-state index in [9.17, 15) is 0 Å². The first-order chi connectivity index (χ1) is 3.39. The van der Waals surface area contributed by atoms with E-state index in [0.717, 1.165) is 26.3 Å². The van der Waals surface area contributed by atoms with E-state index in [1.165, 1.54) is 0 Å². The predicted octanol–water partition coefficient (Wildman–Crippen LogP) is -0.220. The van der Waals surface area contributed by atoms with Crippen LogP contribution in [0.3, 0.4) is 0 Å². The van der Waals surface area contributed by atoms with E-state index in [2.05, 4.69) is 23.0 Å². The van der Waals surface area contributed by atoms with Crippen LogP contribution in [0.1, 0.15) is 0 Å². The minimum atomic E-state index is 0.876. The van der Waals surface area contributed by atoms with Crippen LogP contribution < -0.4 is 0 Å². The van der Waals surface area contributed by atoms with Crippen LogP contribution in [0.2, 0.25) is 0 Å². The van der Waals surface area contributed by atoms with Gasteiger partial charge < -0.3 is 0 Å². The van der Waals surface area contributed by atoms with Gasteiger partial charge in [-0.25, -0.2) is 0 Å². The molecule has 3 heteroatoms. The molecule has 0 saturated carbocycles. The molecule has 1 fully saturated rings. The van der Waals surface area contributed by atoms with Crippen molar-refractivity contribution in [1.29, 1.82) is 0 Å². The molecular formula is C4H8NOPd. The van der Waals surface area contributed by atoms with E-state index in [0.29, 0.717) is 0 Å². The Morgan fingerprint density at radius 2 is 1.86 bits per heavy atom. The molecule has 1 heterocycles. The van der Waals surface area contributed by atoms with Gasteiger partial charge in [0.05, 0.1) is 0 Å². The Labute approximate surface area is 54.5 Å². The molecule has 0 N–H and O–H groups in total. The van der Waals surface area contributed by atoms with E-state index in [-0.39, 0.29) is 0 Å². The molecule has 0 aliphatic carbocycles. The van der Waals surface area contributed by atoms with Gasteiger partial charge in [-0.2, -0.15) is 0 Å². The number of rotatable bonds is 0. The monoisotopic (exact) mass is 192 g/mol. The molecule has 2 nitrogen and oxygen atoms in total. The van der Waals surface area contributed by atoms with E-state index < -0.39 is 0 Å². The van der Waals surface area contributed by atoms with E-state index in [4.69, 9.17) is 4.74 Å². The molecule has 0 spiro atoms. The van der Waals surface area contributed by atoms with Crippen molar-refractivity contribution in [2.45, 2.75) is 0 Å². The van der Waals surface area contributed by atoms with Crippen molar-refractivity contribution in [1.82, 2.24) is 3.53 Å². The average Bonchev–Trinajstić information content (AvgIpc) is 1.69. The van der Waals surface area contributed by atoms with Crippen LogP contribution in [0.4, 0.5) is 0 Å². The van der Waals surface area contributed by atoms with Crippen LogP contribution >= 0.6 is 0 Å². The molecule has 7 heavy (non-hydrogen) atoms. The Balaban J connectivity index is 2.12. The molecule has 0 amide bonds. The summed E-state index contributed by atoms with van der Waals surface area (Å²) in [6.07, 6.45) is 0. The van der Waals surface area contributed by atoms with Crippen molar-refractivity contribution in [2.75, 3.05) is 26.3 Å². The zero-order valence-corrected chi connectivity index (χ0v) is 5.55. The van der Waals surface area contributed by atoms with Gasteiger partial charge in [-0.3, -0.25) is 0 Å². The summed E-state index contributed by atoms with van der Waals surface area (Å²) in [4.78, 5) is 0. The molecule has 0 radical (unpaired) electrons. The second-order valence-corrected chi connectivity index (χ2v) is 2.47. The second-order valence-electron chi connectivity index (χ2n) is 1.48. The van der Waals surface area contributed by atoms with Crippen LogP contribution in [0.15, 0.2) is 0 Å². The molecule has 1 rings (SSSR count). The number of hydrogen-bond acceptors (Lipinski definition) is 2. The molecule has 0 bridgehead atoms. The van der Waals surface area contributed by atoms with Crippen LogP contribution in [-0.2, 0) is 24.2 Å². The van der Waals surface area contributed by atoms with Crippen molar-refractivity contribution in [3.05, 3.63) is 0 Å². The van der Waals surface area contributed by atoms with Gasteiger partial charge in [0.25, 0.3) is 0 Å². The molecule has 1 saturated heterocycles. The quantitative estimate of drug-likeness (QED) is 0.492. The fourth-order valence-electron chi connectivity index (χ4n) is 0.530. The SMILES string of the molecule is [Pd][N]1CCOCC1. The summed E-state index contributed by atoms with van der Waals surface area (Å²) in [5.41, 5.74) is 0. The van der Waals surface area contributed by atoms with Gasteiger partial charge in [-0.05, 0) is 0 Å². The third-order valence-electron chi connectivity index (χ3n) is 0.929. The topological polar surface area (TPSA) is 12.5 Å². The molecule has 1 aliphatic rings. The Hall–Kier alpha value is 0.582. The summed E-state index contributed by atoms with van der Waals surface area (Å²) < 4.78 is 7.19. The van der Waals surface area contributed by atoms with Crippen LogP contribution in [0.5, 0.6) is 0 Å². The first kappa shape index (κ1) is 5.71. The number of nitrogens with zero attached hydrogens (tertiary/aromatic N) is 1. The standard InChI is InChI=1S/C4H8NO.Pd/c1-3-6-4-2-5-1;/h1-4H2;/q-1;+1. The Bertz CT molecular complexity index is 53.7. The molecular weight excluding hydrogens is 184 g/mol. The van der Waals surface area contributed by atoms with Gasteiger partial charge in [0.2, 0.25) is 0 Å². The first-order valence-corrected chi connectivity index (χ1v) is 3.05. The summed E-state index contributed by atoms with van der Waals surface area (Å²) in [5.74, 6) is 0. The third-order valence-corrected chi connectivity index (χ3v) is 1.62. The predicted molar refractivity (Wildman–Crippen MR) is 22.4 cm³/mol. The number of ether oxygens (including phenoxy) is 1. The molecule has 0 aromatic carbocycles. The van der Waals surface area contributed by atoms with E-state index in [1.54, 1.807) is 0 Å². The summed E-state index contributed by atoms with van der Waals surface area (Å²) in [6, 6.07) is 0. The van der Waals surface area contributed by atoms with Gasteiger partial charge in [-0.1, -0.05) is 0 Å². The van der Waals surface area contributed by atoms with Gasteiger partial charge in [0, 0.05) is 0 Å². The Kier molecular flexibility index (Phi) is 2.27. The number of hydrogen-bond donors (Lipinski definition) is 0. The maximum atomic E-state index is 5.07. The number of morpholine rings is 1. The van der Waals surface area contributed by atoms with Crippen molar-refractivity contribution in [3.8, 4) is 0 Å². The van der Waals surface area contributed by atoms with E-state index >= 15 is 0 Å². The van der Waals surface area contributed by atoms with E-state index in [1.807, 2.05) is 0 Å². The third kappa shape index (κ3) is 1.88. The molecule has 0 aromatic heterocycles. The van der Waals surface area contributed by atoms with Crippen LogP contribution in [0.25, 0.3) is 0 Å². The average molecular weight is 193 g/mol. The van der Waals surface area contributed by atoms with Gasteiger partial charge in [-0.15, -0.1) is 0 Å². The zero-order valence-electron chi connectivity index (χ0n) is 4.00. The van der Waals surface area contributed by atoms with Crippen molar-refractivity contribution >= 4 is 0 Å². The fourth-order valence-corrected chi connectivity index (χ4v) is 0.814. The van der Waals surface area contributed by atoms with Crippen molar-refractivity contribution in [3.63, 3.8) is 0 Å². The molecule has 45 valence electrons. The zero-order chi connectivity index (χ0) is 5.11. The minimum absolute atomic E-state index is 0.876. The van der Waals surface area contributed by atoms with Gasteiger partial charge in [0.1, 0.15) is 0 Å². The first-order valence-electron chi connectivity index (χ1n) is 2.35.